The minimum atomic E-state index is -5.75. The third kappa shape index (κ3) is 26.4. The monoisotopic (exact) mass is 994 g/mol. The second kappa shape index (κ2) is 34.0. The van der Waals surface area contributed by atoms with Crippen molar-refractivity contribution < 1.29 is 86.8 Å². The SMILES string of the molecule is CC/C=C\CCCCCCCCCCCCCC(=O)OC[C@@H]1COP(=O)(O)O[C@H]2[C@H](O)[C@@H](O)[C@H](O)[C@H](/C=C\C(=O)[C@H](/C=C/[C@@H](O)CCCCC)[C@@H](O)[C@H]2OP(=O)(O)O)C/C=C\CCCC(=O)O1. The van der Waals surface area contributed by atoms with Gasteiger partial charge < -0.3 is 49.7 Å². The molecule has 1 aliphatic heterocycles. The Morgan fingerprint density at radius 2 is 1.54 bits per heavy atom. The molecule has 67 heavy (non-hydrogen) atoms. The lowest BCUT2D eigenvalue weighted by Crippen LogP contribution is -2.56. The molecule has 2 aliphatic rings. The molecule has 0 aromatic carbocycles. The van der Waals surface area contributed by atoms with Crippen molar-refractivity contribution in [3.63, 3.8) is 0 Å². The van der Waals surface area contributed by atoms with E-state index >= 15 is 0 Å². The highest BCUT2D eigenvalue weighted by molar-refractivity contribution is 7.47. The minimum absolute atomic E-state index is 0.0623. The number of phosphoric ester groups is 2. The number of rotatable bonds is 25. The second-order valence-corrected chi connectivity index (χ2v) is 20.1. The summed E-state index contributed by atoms with van der Waals surface area (Å²) in [6.45, 7) is 2.52. The Kier molecular flexibility index (Phi) is 30.8. The van der Waals surface area contributed by atoms with Gasteiger partial charge >= 0.3 is 27.6 Å². The molecule has 1 unspecified atom stereocenters. The van der Waals surface area contributed by atoms with Crippen LogP contribution in [-0.2, 0) is 46.6 Å². The first-order valence-corrected chi connectivity index (χ1v) is 27.3. The molecule has 0 radical (unpaired) electrons. The van der Waals surface area contributed by atoms with E-state index in [9.17, 15) is 63.7 Å². The lowest BCUT2D eigenvalue weighted by atomic mass is 9.87. The number of esters is 2. The Labute approximate surface area is 396 Å². The number of carbonyl (C=O) groups is 3. The predicted molar refractivity (Wildman–Crippen MR) is 250 cm³/mol. The van der Waals surface area contributed by atoms with E-state index in [1.807, 2.05) is 6.92 Å². The first-order chi connectivity index (χ1) is 31.9. The van der Waals surface area contributed by atoms with Crippen LogP contribution in [0.5, 0.6) is 0 Å². The number of unbranched alkanes of at least 4 members (excludes halogenated alkanes) is 13. The summed E-state index contributed by atoms with van der Waals surface area (Å²) in [6, 6.07) is 0. The molecule has 0 amide bonds. The van der Waals surface area contributed by atoms with Gasteiger partial charge in [0.1, 0.15) is 31.0 Å². The molecule has 0 saturated carbocycles. The van der Waals surface area contributed by atoms with Gasteiger partial charge in [0.15, 0.2) is 11.9 Å². The zero-order chi connectivity index (χ0) is 49.7. The van der Waals surface area contributed by atoms with Gasteiger partial charge in [-0.25, -0.2) is 9.13 Å². The highest BCUT2D eigenvalue weighted by atomic mass is 31.2. The smallest absolute Gasteiger partial charge is 0.462 e. The molecular formula is C47H80O18P2. The fourth-order valence-corrected chi connectivity index (χ4v) is 9.28. The Bertz CT molecular complexity index is 1630. The molecule has 0 saturated heterocycles. The van der Waals surface area contributed by atoms with E-state index < -0.39 is 107 Å². The van der Waals surface area contributed by atoms with Crippen molar-refractivity contribution in [1.29, 1.82) is 0 Å². The van der Waals surface area contributed by atoms with Crippen molar-refractivity contribution >= 4 is 33.4 Å². The maximum atomic E-state index is 13.8. The minimum Gasteiger partial charge on any atom is -0.462 e. The molecular weight excluding hydrogens is 914 g/mol. The van der Waals surface area contributed by atoms with Gasteiger partial charge in [0, 0.05) is 18.8 Å². The van der Waals surface area contributed by atoms with Crippen LogP contribution in [0.4, 0.5) is 0 Å². The number of phosphoric acid groups is 2. The fraction of sp³-hybridized carbons (Fsp3) is 0.766. The van der Waals surface area contributed by atoms with E-state index in [-0.39, 0.29) is 32.1 Å². The van der Waals surface area contributed by atoms with E-state index in [1.165, 1.54) is 50.7 Å². The van der Waals surface area contributed by atoms with Crippen molar-refractivity contribution in [2.45, 2.75) is 204 Å². The first-order valence-electron chi connectivity index (χ1n) is 24.2. The van der Waals surface area contributed by atoms with Crippen LogP contribution in [0.2, 0.25) is 0 Å². The first kappa shape index (κ1) is 60.7. The van der Waals surface area contributed by atoms with Crippen molar-refractivity contribution in [1.82, 2.24) is 0 Å². The van der Waals surface area contributed by atoms with E-state index in [2.05, 4.69) is 19.1 Å². The molecule has 0 spiro atoms. The van der Waals surface area contributed by atoms with Crippen LogP contribution in [0.1, 0.15) is 155 Å². The van der Waals surface area contributed by atoms with E-state index in [0.717, 1.165) is 63.5 Å². The van der Waals surface area contributed by atoms with Gasteiger partial charge in [-0.3, -0.25) is 28.0 Å². The van der Waals surface area contributed by atoms with Gasteiger partial charge in [0.25, 0.3) is 0 Å². The maximum Gasteiger partial charge on any atom is 0.472 e. The molecule has 8 N–H and O–H groups in total. The van der Waals surface area contributed by atoms with Crippen molar-refractivity contribution in [3.8, 4) is 0 Å². The third-order valence-electron chi connectivity index (χ3n) is 11.6. The van der Waals surface area contributed by atoms with Crippen molar-refractivity contribution in [3.05, 3.63) is 48.6 Å². The van der Waals surface area contributed by atoms with E-state index in [0.29, 0.717) is 19.3 Å². The summed E-state index contributed by atoms with van der Waals surface area (Å²) in [7, 11) is -11.4. The molecule has 0 aromatic rings. The Hall–Kier alpha value is -2.41. The lowest BCUT2D eigenvalue weighted by molar-refractivity contribution is -0.163. The van der Waals surface area contributed by atoms with Crippen molar-refractivity contribution in [2.24, 2.45) is 11.8 Å². The lowest BCUT2D eigenvalue weighted by Gasteiger charge is -2.38. The number of hydrogen-bond donors (Lipinski definition) is 8. The molecule has 18 nitrogen and oxygen atoms in total. The van der Waals surface area contributed by atoms with Crippen LogP contribution in [0.3, 0.4) is 0 Å². The van der Waals surface area contributed by atoms with Crippen LogP contribution < -0.4 is 0 Å². The van der Waals surface area contributed by atoms with Crippen LogP contribution in [0, 0.1) is 11.8 Å². The van der Waals surface area contributed by atoms with Gasteiger partial charge in [-0.15, -0.1) is 0 Å². The predicted octanol–water partition coefficient (Wildman–Crippen LogP) is 6.90. The van der Waals surface area contributed by atoms with E-state index in [4.69, 9.17) is 23.0 Å². The summed E-state index contributed by atoms with van der Waals surface area (Å²) in [4.78, 5) is 70.3. The normalized spacial score (nSPS) is 30.1. The van der Waals surface area contributed by atoms with Gasteiger partial charge in [-0.2, -0.15) is 0 Å². The van der Waals surface area contributed by atoms with Crippen molar-refractivity contribution in [2.75, 3.05) is 13.2 Å². The number of hydrogen-bond acceptors (Lipinski definition) is 15. The molecule has 1 aliphatic carbocycles. The fourth-order valence-electron chi connectivity index (χ4n) is 7.75. The standard InChI is InChI=1S/C47H80O18P2/c1-3-5-7-8-9-10-11-12-13-14-15-16-17-18-23-27-40(50)61-33-37-34-62-67(59,60)65-47-45(55)44(54)42(52)35(25-22-19-20-24-28-41(51)63-37)29-32-39(49)38(31-30-36(48)26-21-6-4-2)43(53)46(47)64-66(56,57)58/h5,7,19,22,29-32,35-38,42-48,52-55H,3-4,6,8-18,20-21,23-28,33-34H2,1-2H3,(H,59,60)(H2,56,57,58)/b7-5-,22-19-,31-30+,32-29-/t35-,36-,37+,38-,42+,43+,44-,45+,46+,47-/m0/s1. The Morgan fingerprint density at radius 3 is 2.18 bits per heavy atom. The number of carbonyl (C=O) groups excluding carboxylic acids is 3. The molecule has 20 heteroatoms. The summed E-state index contributed by atoms with van der Waals surface area (Å²) in [5.41, 5.74) is 0. The number of allylic oxidation sites excluding steroid dienone is 5. The Morgan fingerprint density at radius 1 is 0.881 bits per heavy atom. The molecule has 2 bridgehead atoms. The van der Waals surface area contributed by atoms with E-state index in [1.54, 1.807) is 12.2 Å². The topological polar surface area (TPSA) is 293 Å². The van der Waals surface area contributed by atoms with Gasteiger partial charge in [-0.1, -0.05) is 133 Å². The summed E-state index contributed by atoms with van der Waals surface area (Å²) >= 11 is 0. The maximum absolute atomic E-state index is 13.8. The van der Waals surface area contributed by atoms with Crippen LogP contribution in [0.15, 0.2) is 48.6 Å². The molecule has 0 fully saturated rings. The molecule has 1 heterocycles. The summed E-state index contributed by atoms with van der Waals surface area (Å²) < 4.78 is 52.0. The number of aliphatic hydroxyl groups is 5. The zero-order valence-corrected chi connectivity index (χ0v) is 41.2. The Balaban J connectivity index is 2.26. The summed E-state index contributed by atoms with van der Waals surface area (Å²) in [5, 5.41) is 56.4. The molecule has 2 rings (SSSR count). The molecule has 386 valence electrons. The van der Waals surface area contributed by atoms with Crippen LogP contribution >= 0.6 is 15.6 Å². The van der Waals surface area contributed by atoms with Crippen LogP contribution in [0.25, 0.3) is 0 Å². The second-order valence-electron chi connectivity index (χ2n) is 17.5. The summed E-state index contributed by atoms with van der Waals surface area (Å²) in [5.74, 6) is -5.27. The number of fused-ring (bicyclic) bond motifs is 4. The number of cyclic esters (lactones) is 1. The van der Waals surface area contributed by atoms with Gasteiger partial charge in [-0.05, 0) is 57.4 Å². The average Bonchev–Trinajstić information content (AvgIpc) is 3.28. The number of ketones is 1. The molecule has 11 atom stereocenters. The largest absolute Gasteiger partial charge is 0.472 e. The van der Waals surface area contributed by atoms with Crippen LogP contribution in [-0.4, -0.2) is 120 Å². The quantitative estimate of drug-likeness (QED) is 0.0200. The molecule has 0 aromatic heterocycles. The zero-order valence-electron chi connectivity index (χ0n) is 39.4. The highest BCUT2D eigenvalue weighted by Crippen LogP contribution is 2.49. The highest BCUT2D eigenvalue weighted by Gasteiger charge is 2.50. The number of aliphatic hydroxyl groups excluding tert-OH is 5. The third-order valence-corrected chi connectivity index (χ3v) is 13.1. The summed E-state index contributed by atoms with van der Waals surface area (Å²) in [6.07, 6.45) is 11.9. The van der Waals surface area contributed by atoms with Gasteiger partial charge in [0.2, 0.25) is 0 Å². The average molecular weight is 995 g/mol. The number of ether oxygens (including phenoxy) is 2. The van der Waals surface area contributed by atoms with Gasteiger partial charge in [0.05, 0.1) is 30.8 Å².